The number of benzene rings is 1. The Labute approximate surface area is 158 Å². The molecule has 140 valence electrons. The summed E-state index contributed by atoms with van der Waals surface area (Å²) < 4.78 is 6.86. The molecule has 1 aromatic carbocycles. The van der Waals surface area contributed by atoms with Crippen molar-refractivity contribution in [3.05, 3.63) is 24.3 Å². The van der Waals surface area contributed by atoms with Crippen molar-refractivity contribution >= 4 is 32.6 Å². The summed E-state index contributed by atoms with van der Waals surface area (Å²) in [4.78, 5) is 11.8. The number of fused-ring (bicyclic) bond motifs is 1. The zero-order valence-electron chi connectivity index (χ0n) is 15.3. The second kappa shape index (κ2) is 7.80. The highest BCUT2D eigenvalue weighted by Crippen LogP contribution is 2.38. The van der Waals surface area contributed by atoms with Gasteiger partial charge in [-0.15, -0.1) is 0 Å². The number of thiazole rings is 1. The minimum atomic E-state index is 0.357. The number of nitrogens with one attached hydrogen (secondary N) is 2. The average molecular weight is 374 g/mol. The molecule has 6 nitrogen and oxygen atoms in total. The zero-order valence-corrected chi connectivity index (χ0v) is 16.1. The van der Waals surface area contributed by atoms with E-state index in [1.54, 1.807) is 11.3 Å². The maximum atomic E-state index is 5.64. The number of para-hydroxylation sites is 1. The second-order valence-corrected chi connectivity index (χ2v) is 8.15. The van der Waals surface area contributed by atoms with Crippen LogP contribution >= 0.6 is 11.3 Å². The van der Waals surface area contributed by atoms with Gasteiger partial charge in [-0.3, -0.25) is 4.99 Å². The van der Waals surface area contributed by atoms with Crippen molar-refractivity contribution in [3.8, 4) is 0 Å². The van der Waals surface area contributed by atoms with Crippen LogP contribution in [0, 0.1) is 5.41 Å². The zero-order chi connectivity index (χ0) is 17.8. The number of hydrogen-bond acceptors (Lipinski definition) is 5. The number of nitrogens with zero attached hydrogens (tertiary/aromatic N) is 3. The third kappa shape index (κ3) is 3.78. The minimum Gasteiger partial charge on any atom is -0.381 e. The van der Waals surface area contributed by atoms with Crippen LogP contribution in [-0.4, -0.2) is 61.8 Å². The molecule has 1 unspecified atom stereocenters. The fourth-order valence-corrected chi connectivity index (χ4v) is 4.68. The summed E-state index contributed by atoms with van der Waals surface area (Å²) in [5.41, 5.74) is 1.41. The molecule has 2 aliphatic rings. The largest absolute Gasteiger partial charge is 0.381 e. The number of ether oxygens (including phenoxy) is 1. The predicted octanol–water partition coefficient (Wildman–Crippen LogP) is 2.79. The average Bonchev–Trinajstić information content (AvgIpc) is 3.38. The number of aliphatic imine (C=N–C) groups is 1. The Hall–Kier alpha value is -1.86. The van der Waals surface area contributed by atoms with Crippen LogP contribution in [0.3, 0.4) is 0 Å². The molecule has 2 N–H and O–H groups in total. The number of rotatable bonds is 5. The Morgan fingerprint density at radius 3 is 3.12 bits per heavy atom. The van der Waals surface area contributed by atoms with E-state index in [1.165, 1.54) is 17.5 Å². The van der Waals surface area contributed by atoms with Crippen molar-refractivity contribution in [1.82, 2.24) is 15.2 Å². The summed E-state index contributed by atoms with van der Waals surface area (Å²) in [7, 11) is 0. The molecule has 0 saturated carbocycles. The third-order valence-electron chi connectivity index (χ3n) is 5.20. The number of anilines is 1. The molecule has 2 saturated heterocycles. The number of likely N-dealkylation sites (tertiary alicyclic amines) is 1. The van der Waals surface area contributed by atoms with Crippen LogP contribution in [-0.2, 0) is 4.74 Å². The molecule has 7 heteroatoms. The lowest BCUT2D eigenvalue weighted by molar-refractivity contribution is 0.156. The molecule has 4 rings (SSSR count). The van der Waals surface area contributed by atoms with E-state index < -0.39 is 0 Å². The molecule has 0 radical (unpaired) electrons. The molecule has 0 aliphatic carbocycles. The summed E-state index contributed by atoms with van der Waals surface area (Å²) in [6.07, 6.45) is 2.39. The van der Waals surface area contributed by atoms with Gasteiger partial charge >= 0.3 is 0 Å². The van der Waals surface area contributed by atoms with Crippen molar-refractivity contribution in [2.75, 3.05) is 51.3 Å². The van der Waals surface area contributed by atoms with Gasteiger partial charge in [-0.05, 0) is 31.9 Å². The molecule has 1 atom stereocenters. The Kier molecular flexibility index (Phi) is 5.26. The fraction of sp³-hybridized carbons (Fsp3) is 0.579. The number of hydrogen-bond donors (Lipinski definition) is 2. The van der Waals surface area contributed by atoms with E-state index in [9.17, 15) is 0 Å². The summed E-state index contributed by atoms with van der Waals surface area (Å²) in [5, 5.41) is 7.82. The van der Waals surface area contributed by atoms with Gasteiger partial charge in [0.25, 0.3) is 0 Å². The van der Waals surface area contributed by atoms with E-state index in [4.69, 9.17) is 9.73 Å². The lowest BCUT2D eigenvalue weighted by Gasteiger charge is -2.25. The van der Waals surface area contributed by atoms with Crippen LogP contribution in [0.15, 0.2) is 29.3 Å². The SMILES string of the molecule is CCNC(=NCCNc1nc2ccccc2s1)N1CCC2(CCOC2)C1. The first-order valence-corrected chi connectivity index (χ1v) is 10.3. The molecule has 1 aromatic heterocycles. The van der Waals surface area contributed by atoms with Crippen LogP contribution < -0.4 is 10.6 Å². The molecular formula is C19H27N5OS. The lowest BCUT2D eigenvalue weighted by atomic mass is 9.87. The standard InChI is InChI=1S/C19H27N5OS/c1-2-20-17(24-11-7-19(13-24)8-12-25-14-19)21-9-10-22-18-23-15-5-3-4-6-16(15)26-18/h3-6H,2,7-14H2,1H3,(H,20,21)(H,22,23). The molecule has 0 amide bonds. The minimum absolute atomic E-state index is 0.357. The van der Waals surface area contributed by atoms with Crippen molar-refractivity contribution < 1.29 is 4.74 Å². The molecule has 3 heterocycles. The highest BCUT2D eigenvalue weighted by atomic mass is 32.1. The first-order valence-electron chi connectivity index (χ1n) is 9.48. The van der Waals surface area contributed by atoms with Crippen LogP contribution in [0.5, 0.6) is 0 Å². The quantitative estimate of drug-likeness (QED) is 0.479. The summed E-state index contributed by atoms with van der Waals surface area (Å²) in [6, 6.07) is 8.23. The van der Waals surface area contributed by atoms with E-state index in [0.29, 0.717) is 5.41 Å². The smallest absolute Gasteiger partial charge is 0.193 e. The van der Waals surface area contributed by atoms with Crippen molar-refractivity contribution in [3.63, 3.8) is 0 Å². The van der Waals surface area contributed by atoms with E-state index in [1.807, 2.05) is 12.1 Å². The Morgan fingerprint density at radius 1 is 1.38 bits per heavy atom. The summed E-state index contributed by atoms with van der Waals surface area (Å²) in [6.45, 7) is 8.49. The third-order valence-corrected chi connectivity index (χ3v) is 6.20. The summed E-state index contributed by atoms with van der Waals surface area (Å²) in [5.74, 6) is 1.03. The van der Waals surface area contributed by atoms with Crippen LogP contribution in [0.25, 0.3) is 10.2 Å². The molecule has 2 aromatic rings. The van der Waals surface area contributed by atoms with Gasteiger partial charge in [-0.1, -0.05) is 23.5 Å². The molecular weight excluding hydrogens is 346 g/mol. The van der Waals surface area contributed by atoms with Crippen molar-refractivity contribution in [2.24, 2.45) is 10.4 Å². The summed E-state index contributed by atoms with van der Waals surface area (Å²) >= 11 is 1.69. The van der Waals surface area contributed by atoms with Gasteiger partial charge in [0, 0.05) is 38.2 Å². The van der Waals surface area contributed by atoms with E-state index in [-0.39, 0.29) is 0 Å². The highest BCUT2D eigenvalue weighted by molar-refractivity contribution is 7.22. The Bertz CT molecular complexity index is 735. The van der Waals surface area contributed by atoms with Crippen LogP contribution in [0.1, 0.15) is 19.8 Å². The van der Waals surface area contributed by atoms with Gasteiger partial charge in [0.15, 0.2) is 11.1 Å². The number of aromatic nitrogens is 1. The van der Waals surface area contributed by atoms with Gasteiger partial charge in [0.1, 0.15) is 0 Å². The first kappa shape index (κ1) is 17.5. The lowest BCUT2D eigenvalue weighted by Crippen LogP contribution is -2.41. The topological polar surface area (TPSA) is 61.8 Å². The van der Waals surface area contributed by atoms with Gasteiger partial charge in [-0.25, -0.2) is 4.98 Å². The van der Waals surface area contributed by atoms with Gasteiger partial charge in [0.2, 0.25) is 0 Å². The van der Waals surface area contributed by atoms with Gasteiger partial charge in [-0.2, -0.15) is 0 Å². The van der Waals surface area contributed by atoms with E-state index in [2.05, 4.69) is 39.6 Å². The molecule has 2 fully saturated rings. The van der Waals surface area contributed by atoms with Crippen LogP contribution in [0.2, 0.25) is 0 Å². The normalized spacial score (nSPS) is 23.3. The molecule has 2 aliphatic heterocycles. The van der Waals surface area contributed by atoms with Crippen LogP contribution in [0.4, 0.5) is 5.13 Å². The fourth-order valence-electron chi connectivity index (χ4n) is 3.79. The maximum absolute atomic E-state index is 5.64. The van der Waals surface area contributed by atoms with E-state index >= 15 is 0 Å². The highest BCUT2D eigenvalue weighted by Gasteiger charge is 2.42. The van der Waals surface area contributed by atoms with Gasteiger partial charge in [0.05, 0.1) is 23.4 Å². The monoisotopic (exact) mass is 373 g/mol. The van der Waals surface area contributed by atoms with Crippen molar-refractivity contribution in [2.45, 2.75) is 19.8 Å². The Balaban J connectivity index is 1.32. The molecule has 26 heavy (non-hydrogen) atoms. The van der Waals surface area contributed by atoms with E-state index in [0.717, 1.165) is 62.5 Å². The Morgan fingerprint density at radius 2 is 2.31 bits per heavy atom. The number of guanidine groups is 1. The predicted molar refractivity (Wildman–Crippen MR) is 108 cm³/mol. The molecule has 1 spiro atoms. The second-order valence-electron chi connectivity index (χ2n) is 7.12. The first-order chi connectivity index (χ1) is 12.8. The van der Waals surface area contributed by atoms with Gasteiger partial charge < -0.3 is 20.3 Å². The van der Waals surface area contributed by atoms with Crippen molar-refractivity contribution in [1.29, 1.82) is 0 Å². The maximum Gasteiger partial charge on any atom is 0.193 e. The molecule has 0 bridgehead atoms.